The number of nitrogens with one attached hydrogen (secondary N) is 1. The van der Waals surface area contributed by atoms with Gasteiger partial charge in [-0.3, -0.25) is 0 Å². The molecule has 4 heteroatoms. The molecule has 0 aliphatic carbocycles. The molecule has 0 heterocycles. The molecule has 0 amide bonds. The van der Waals surface area contributed by atoms with Gasteiger partial charge in [0.05, 0.1) is 19.8 Å². The molecular formula is C16H27NO3. The summed E-state index contributed by atoms with van der Waals surface area (Å²) in [5, 5.41) is 3.36. The van der Waals surface area contributed by atoms with Crippen LogP contribution in [0.25, 0.3) is 0 Å². The van der Waals surface area contributed by atoms with Gasteiger partial charge >= 0.3 is 0 Å². The Morgan fingerprint density at radius 3 is 2.45 bits per heavy atom. The lowest BCUT2D eigenvalue weighted by Gasteiger charge is -2.15. The maximum atomic E-state index is 5.81. The van der Waals surface area contributed by atoms with Gasteiger partial charge in [-0.05, 0) is 37.9 Å². The molecule has 0 aliphatic rings. The summed E-state index contributed by atoms with van der Waals surface area (Å²) in [4.78, 5) is 0. The largest absolute Gasteiger partial charge is 0.490 e. The van der Waals surface area contributed by atoms with Gasteiger partial charge in [0.2, 0.25) is 0 Å². The number of para-hydroxylation sites is 2. The van der Waals surface area contributed by atoms with Crippen molar-refractivity contribution in [2.24, 2.45) is 5.92 Å². The summed E-state index contributed by atoms with van der Waals surface area (Å²) >= 11 is 0. The first-order valence-electron chi connectivity index (χ1n) is 7.32. The molecule has 0 saturated heterocycles. The second kappa shape index (κ2) is 10.5. The van der Waals surface area contributed by atoms with Gasteiger partial charge in [-0.15, -0.1) is 0 Å². The van der Waals surface area contributed by atoms with Crippen molar-refractivity contribution in [1.82, 2.24) is 5.32 Å². The molecule has 114 valence electrons. The minimum Gasteiger partial charge on any atom is -0.490 e. The first-order valence-corrected chi connectivity index (χ1v) is 7.32. The maximum Gasteiger partial charge on any atom is 0.161 e. The van der Waals surface area contributed by atoms with Crippen LogP contribution in [0.15, 0.2) is 24.3 Å². The third kappa shape index (κ3) is 6.78. The predicted octanol–water partition coefficient (Wildman–Crippen LogP) is 2.73. The number of methoxy groups -OCH3 is 1. The fraction of sp³-hybridized carbons (Fsp3) is 0.625. The molecule has 1 aromatic carbocycles. The Kier molecular flexibility index (Phi) is 8.83. The molecule has 0 fully saturated rings. The molecule has 0 spiro atoms. The van der Waals surface area contributed by atoms with Crippen molar-refractivity contribution in [1.29, 1.82) is 0 Å². The average molecular weight is 281 g/mol. The highest BCUT2D eigenvalue weighted by molar-refractivity contribution is 5.39. The second-order valence-corrected chi connectivity index (χ2v) is 4.82. The van der Waals surface area contributed by atoms with Gasteiger partial charge in [0.25, 0.3) is 0 Å². The summed E-state index contributed by atoms with van der Waals surface area (Å²) in [6.45, 7) is 8.19. The van der Waals surface area contributed by atoms with Gasteiger partial charge in [0.1, 0.15) is 0 Å². The topological polar surface area (TPSA) is 39.7 Å². The van der Waals surface area contributed by atoms with E-state index in [9.17, 15) is 0 Å². The van der Waals surface area contributed by atoms with Crippen molar-refractivity contribution in [2.75, 3.05) is 40.0 Å². The Bertz CT molecular complexity index is 357. The quantitative estimate of drug-likeness (QED) is 0.633. The molecule has 0 bridgehead atoms. The van der Waals surface area contributed by atoms with E-state index in [2.05, 4.69) is 12.2 Å². The van der Waals surface area contributed by atoms with Crippen molar-refractivity contribution in [3.63, 3.8) is 0 Å². The van der Waals surface area contributed by atoms with E-state index in [0.717, 1.165) is 37.6 Å². The molecule has 0 saturated carbocycles. The monoisotopic (exact) mass is 281 g/mol. The highest BCUT2D eigenvalue weighted by Gasteiger charge is 2.05. The zero-order valence-electron chi connectivity index (χ0n) is 12.9. The lowest BCUT2D eigenvalue weighted by molar-refractivity contribution is 0.196. The molecule has 20 heavy (non-hydrogen) atoms. The van der Waals surface area contributed by atoms with Gasteiger partial charge in [0.15, 0.2) is 11.5 Å². The predicted molar refractivity (Wildman–Crippen MR) is 81.6 cm³/mol. The first-order chi connectivity index (χ1) is 9.77. The highest BCUT2D eigenvalue weighted by atomic mass is 16.5. The number of ether oxygens (including phenoxy) is 3. The first kappa shape index (κ1) is 16.8. The summed E-state index contributed by atoms with van der Waals surface area (Å²) in [5.74, 6) is 2.22. The van der Waals surface area contributed by atoms with Crippen LogP contribution in [0.5, 0.6) is 11.5 Å². The SMILES string of the molecule is CCOc1ccccc1OCCC(C)CNCCOC. The van der Waals surface area contributed by atoms with Gasteiger partial charge in [0, 0.05) is 13.7 Å². The van der Waals surface area contributed by atoms with Crippen LogP contribution in [-0.2, 0) is 4.74 Å². The zero-order chi connectivity index (χ0) is 14.6. The normalized spacial score (nSPS) is 12.2. The average Bonchev–Trinajstić information content (AvgIpc) is 2.46. The van der Waals surface area contributed by atoms with E-state index >= 15 is 0 Å². The molecule has 0 radical (unpaired) electrons. The Hall–Kier alpha value is -1.26. The number of benzene rings is 1. The van der Waals surface area contributed by atoms with Crippen LogP contribution in [0.3, 0.4) is 0 Å². The van der Waals surface area contributed by atoms with Crippen LogP contribution in [0.2, 0.25) is 0 Å². The second-order valence-electron chi connectivity index (χ2n) is 4.82. The van der Waals surface area contributed by atoms with Crippen LogP contribution in [0.4, 0.5) is 0 Å². The lowest BCUT2D eigenvalue weighted by atomic mass is 10.1. The van der Waals surface area contributed by atoms with E-state index in [-0.39, 0.29) is 0 Å². The van der Waals surface area contributed by atoms with Gasteiger partial charge in [-0.2, -0.15) is 0 Å². The van der Waals surface area contributed by atoms with Crippen LogP contribution in [0, 0.1) is 5.92 Å². The van der Waals surface area contributed by atoms with E-state index in [1.54, 1.807) is 7.11 Å². The minimum atomic E-state index is 0.575. The third-order valence-corrected chi connectivity index (χ3v) is 2.99. The number of hydrogen-bond donors (Lipinski definition) is 1. The summed E-state index contributed by atoms with van der Waals surface area (Å²) in [6.07, 6.45) is 1.01. The number of rotatable bonds is 11. The third-order valence-electron chi connectivity index (χ3n) is 2.99. The Balaban J connectivity index is 2.23. The fourth-order valence-corrected chi connectivity index (χ4v) is 1.84. The molecule has 4 nitrogen and oxygen atoms in total. The Morgan fingerprint density at radius 1 is 1.10 bits per heavy atom. The zero-order valence-corrected chi connectivity index (χ0v) is 12.9. The van der Waals surface area contributed by atoms with Crippen molar-refractivity contribution < 1.29 is 14.2 Å². The molecule has 1 N–H and O–H groups in total. The van der Waals surface area contributed by atoms with Gasteiger partial charge in [-0.1, -0.05) is 19.1 Å². The van der Waals surface area contributed by atoms with E-state index in [1.165, 1.54) is 0 Å². The molecule has 1 aromatic rings. The molecule has 1 unspecified atom stereocenters. The summed E-state index contributed by atoms with van der Waals surface area (Å²) < 4.78 is 16.3. The standard InChI is InChI=1S/C16H27NO3/c1-4-19-15-7-5-6-8-16(15)20-11-9-14(2)13-17-10-12-18-3/h5-8,14,17H,4,9-13H2,1-3H3. The summed E-state index contributed by atoms with van der Waals surface area (Å²) in [5.41, 5.74) is 0. The van der Waals surface area contributed by atoms with Crippen LogP contribution in [0.1, 0.15) is 20.3 Å². The molecular weight excluding hydrogens is 254 g/mol. The van der Waals surface area contributed by atoms with Crippen LogP contribution in [-0.4, -0.2) is 40.0 Å². The van der Waals surface area contributed by atoms with Crippen molar-refractivity contribution in [3.8, 4) is 11.5 Å². The fourth-order valence-electron chi connectivity index (χ4n) is 1.84. The van der Waals surface area contributed by atoms with E-state index < -0.39 is 0 Å². The van der Waals surface area contributed by atoms with E-state index in [1.807, 2.05) is 31.2 Å². The van der Waals surface area contributed by atoms with Crippen molar-refractivity contribution in [2.45, 2.75) is 20.3 Å². The summed E-state index contributed by atoms with van der Waals surface area (Å²) in [7, 11) is 1.72. The van der Waals surface area contributed by atoms with Crippen molar-refractivity contribution >= 4 is 0 Å². The van der Waals surface area contributed by atoms with Crippen LogP contribution < -0.4 is 14.8 Å². The Labute approximate surface area is 122 Å². The van der Waals surface area contributed by atoms with Gasteiger partial charge in [-0.25, -0.2) is 0 Å². The van der Waals surface area contributed by atoms with Gasteiger partial charge < -0.3 is 19.5 Å². The number of hydrogen-bond acceptors (Lipinski definition) is 4. The lowest BCUT2D eigenvalue weighted by Crippen LogP contribution is -2.25. The maximum absolute atomic E-state index is 5.81. The molecule has 0 aliphatic heterocycles. The molecule has 1 rings (SSSR count). The van der Waals surface area contributed by atoms with E-state index in [0.29, 0.717) is 19.1 Å². The van der Waals surface area contributed by atoms with E-state index in [4.69, 9.17) is 14.2 Å². The van der Waals surface area contributed by atoms with Crippen molar-refractivity contribution in [3.05, 3.63) is 24.3 Å². The Morgan fingerprint density at radius 2 is 1.80 bits per heavy atom. The molecule has 0 aromatic heterocycles. The van der Waals surface area contributed by atoms with Crippen LogP contribution >= 0.6 is 0 Å². The smallest absolute Gasteiger partial charge is 0.161 e. The summed E-state index contributed by atoms with van der Waals surface area (Å²) in [6, 6.07) is 7.81. The molecule has 1 atom stereocenters. The highest BCUT2D eigenvalue weighted by Crippen LogP contribution is 2.26. The minimum absolute atomic E-state index is 0.575.